The van der Waals surface area contributed by atoms with Crippen molar-refractivity contribution >= 4 is 0 Å². The van der Waals surface area contributed by atoms with E-state index in [-0.39, 0.29) is 11.7 Å². The van der Waals surface area contributed by atoms with Gasteiger partial charge in [-0.25, -0.2) is 13.2 Å². The van der Waals surface area contributed by atoms with Gasteiger partial charge in [-0.1, -0.05) is 6.92 Å². The number of hydrogen-bond donors (Lipinski definition) is 1. The van der Waals surface area contributed by atoms with Crippen molar-refractivity contribution in [3.8, 4) is 5.75 Å². The van der Waals surface area contributed by atoms with Gasteiger partial charge in [0.25, 0.3) is 0 Å². The Hall–Kier alpha value is -2.08. The second-order valence-corrected chi connectivity index (χ2v) is 5.92. The van der Waals surface area contributed by atoms with Crippen molar-refractivity contribution in [2.45, 2.75) is 25.9 Å². The number of rotatable bonds is 5. The number of nitrogens with zero attached hydrogens (tertiary/aromatic N) is 1. The van der Waals surface area contributed by atoms with Crippen molar-refractivity contribution in [2.75, 3.05) is 13.1 Å². The number of benzene rings is 1. The van der Waals surface area contributed by atoms with Crippen LogP contribution in [0.5, 0.6) is 5.75 Å². The van der Waals surface area contributed by atoms with Gasteiger partial charge in [-0.2, -0.15) is 0 Å². The van der Waals surface area contributed by atoms with E-state index in [0.29, 0.717) is 24.2 Å². The SMILES string of the molecule is CCc1cc(F)cc(F)c1O[C@H](c1ccc(F)cn1)[C@@H]1CCNC1. The fourth-order valence-corrected chi connectivity index (χ4v) is 3.02. The summed E-state index contributed by atoms with van der Waals surface area (Å²) in [5.41, 5.74) is 1.00. The molecule has 2 aromatic rings. The Bertz CT molecular complexity index is 700. The Balaban J connectivity index is 1.96. The lowest BCUT2D eigenvalue weighted by molar-refractivity contribution is 0.132. The molecule has 1 aliphatic rings. The van der Waals surface area contributed by atoms with E-state index in [1.54, 1.807) is 6.07 Å². The van der Waals surface area contributed by atoms with Crippen molar-refractivity contribution in [3.63, 3.8) is 0 Å². The summed E-state index contributed by atoms with van der Waals surface area (Å²) in [6, 6.07) is 4.95. The Kier molecular flexibility index (Phi) is 5.04. The smallest absolute Gasteiger partial charge is 0.168 e. The number of nitrogens with one attached hydrogen (secondary N) is 1. The minimum absolute atomic E-state index is 0.0434. The molecule has 0 unspecified atom stereocenters. The quantitative estimate of drug-likeness (QED) is 0.902. The van der Waals surface area contributed by atoms with E-state index in [9.17, 15) is 13.2 Å². The van der Waals surface area contributed by atoms with Gasteiger partial charge in [-0.3, -0.25) is 4.98 Å². The minimum atomic E-state index is -0.732. The van der Waals surface area contributed by atoms with E-state index in [0.717, 1.165) is 25.2 Å². The summed E-state index contributed by atoms with van der Waals surface area (Å²) in [7, 11) is 0. The van der Waals surface area contributed by atoms with Crippen LogP contribution < -0.4 is 10.1 Å². The lowest BCUT2D eigenvalue weighted by Gasteiger charge is -2.25. The van der Waals surface area contributed by atoms with Gasteiger partial charge in [0, 0.05) is 18.5 Å². The fourth-order valence-electron chi connectivity index (χ4n) is 3.02. The monoisotopic (exact) mass is 336 g/mol. The van der Waals surface area contributed by atoms with Crippen LogP contribution in [0.25, 0.3) is 0 Å². The first-order valence-corrected chi connectivity index (χ1v) is 8.05. The highest BCUT2D eigenvalue weighted by atomic mass is 19.1. The third kappa shape index (κ3) is 3.53. The molecular formula is C18H19F3N2O. The molecule has 0 radical (unpaired) electrons. The van der Waals surface area contributed by atoms with Gasteiger partial charge in [0.2, 0.25) is 0 Å². The molecule has 0 spiro atoms. The highest BCUT2D eigenvalue weighted by Gasteiger charge is 2.30. The summed E-state index contributed by atoms with van der Waals surface area (Å²) in [6.07, 6.45) is 1.88. The molecule has 6 heteroatoms. The maximum atomic E-state index is 14.3. The molecule has 1 fully saturated rings. The number of aryl methyl sites for hydroxylation is 1. The molecular weight excluding hydrogens is 317 g/mol. The number of ether oxygens (including phenoxy) is 1. The Morgan fingerprint density at radius 2 is 2.08 bits per heavy atom. The van der Waals surface area contributed by atoms with E-state index in [1.807, 2.05) is 6.92 Å². The van der Waals surface area contributed by atoms with Gasteiger partial charge in [0.1, 0.15) is 17.7 Å². The van der Waals surface area contributed by atoms with Crippen LogP contribution in [0.3, 0.4) is 0 Å². The molecule has 3 nitrogen and oxygen atoms in total. The molecule has 2 heterocycles. The van der Waals surface area contributed by atoms with E-state index in [4.69, 9.17) is 4.74 Å². The molecule has 0 amide bonds. The van der Waals surface area contributed by atoms with Crippen LogP contribution >= 0.6 is 0 Å². The molecule has 1 aromatic carbocycles. The Morgan fingerprint density at radius 3 is 2.71 bits per heavy atom. The maximum Gasteiger partial charge on any atom is 0.168 e. The zero-order valence-corrected chi connectivity index (χ0v) is 13.4. The van der Waals surface area contributed by atoms with Gasteiger partial charge in [-0.05, 0) is 43.1 Å². The van der Waals surface area contributed by atoms with Crippen molar-refractivity contribution in [2.24, 2.45) is 5.92 Å². The van der Waals surface area contributed by atoms with Crippen LogP contribution in [0.15, 0.2) is 30.5 Å². The highest BCUT2D eigenvalue weighted by Crippen LogP contribution is 2.34. The van der Waals surface area contributed by atoms with E-state index < -0.39 is 23.6 Å². The molecule has 1 aliphatic heterocycles. The van der Waals surface area contributed by atoms with Gasteiger partial charge in [-0.15, -0.1) is 0 Å². The standard InChI is InChI=1S/C18H19F3N2O/c1-2-11-7-14(20)8-15(21)17(11)24-18(12-5-6-22-9-12)16-4-3-13(19)10-23-16/h3-4,7-8,10,12,18,22H,2,5-6,9H2,1H3/t12-,18+/m1/s1. The van der Waals surface area contributed by atoms with Crippen LogP contribution in [0.4, 0.5) is 13.2 Å². The first-order valence-electron chi connectivity index (χ1n) is 8.05. The van der Waals surface area contributed by atoms with Crippen LogP contribution in [0.2, 0.25) is 0 Å². The molecule has 1 saturated heterocycles. The second kappa shape index (κ2) is 7.21. The van der Waals surface area contributed by atoms with Crippen LogP contribution in [-0.4, -0.2) is 18.1 Å². The topological polar surface area (TPSA) is 34.1 Å². The highest BCUT2D eigenvalue weighted by molar-refractivity contribution is 5.36. The van der Waals surface area contributed by atoms with Crippen molar-refractivity contribution in [1.82, 2.24) is 10.3 Å². The predicted molar refractivity (Wildman–Crippen MR) is 84.3 cm³/mol. The Labute approximate surface area is 138 Å². The second-order valence-electron chi connectivity index (χ2n) is 5.92. The fraction of sp³-hybridized carbons (Fsp3) is 0.389. The van der Waals surface area contributed by atoms with E-state index in [2.05, 4.69) is 10.3 Å². The number of halogens is 3. The van der Waals surface area contributed by atoms with E-state index >= 15 is 0 Å². The number of aromatic nitrogens is 1. The Morgan fingerprint density at radius 1 is 1.25 bits per heavy atom. The van der Waals surface area contributed by atoms with Crippen LogP contribution in [0, 0.1) is 23.4 Å². The summed E-state index contributed by atoms with van der Waals surface area (Å²) in [5, 5.41) is 3.24. The molecule has 24 heavy (non-hydrogen) atoms. The molecule has 2 atom stereocenters. The number of hydrogen-bond acceptors (Lipinski definition) is 3. The molecule has 0 bridgehead atoms. The normalized spacial score (nSPS) is 18.6. The average Bonchev–Trinajstić information content (AvgIpc) is 3.09. The lowest BCUT2D eigenvalue weighted by Crippen LogP contribution is -2.23. The van der Waals surface area contributed by atoms with Gasteiger partial charge in [0.05, 0.1) is 11.9 Å². The lowest BCUT2D eigenvalue weighted by atomic mass is 9.98. The zero-order valence-electron chi connectivity index (χ0n) is 13.4. The van der Waals surface area contributed by atoms with Crippen molar-refractivity contribution in [1.29, 1.82) is 0 Å². The summed E-state index contributed by atoms with van der Waals surface area (Å²) >= 11 is 0. The first kappa shape index (κ1) is 16.8. The van der Waals surface area contributed by atoms with Crippen LogP contribution in [-0.2, 0) is 6.42 Å². The molecule has 3 rings (SSSR count). The van der Waals surface area contributed by atoms with Crippen LogP contribution in [0.1, 0.15) is 30.7 Å². The molecule has 0 saturated carbocycles. The third-order valence-corrected chi connectivity index (χ3v) is 4.28. The zero-order chi connectivity index (χ0) is 17.1. The number of pyridine rings is 1. The first-order chi connectivity index (χ1) is 11.6. The van der Waals surface area contributed by atoms with Gasteiger partial charge < -0.3 is 10.1 Å². The summed E-state index contributed by atoms with van der Waals surface area (Å²) in [5.74, 6) is -1.68. The van der Waals surface area contributed by atoms with Gasteiger partial charge >= 0.3 is 0 Å². The van der Waals surface area contributed by atoms with Crippen molar-refractivity contribution in [3.05, 3.63) is 59.2 Å². The maximum absolute atomic E-state index is 14.3. The summed E-state index contributed by atoms with van der Waals surface area (Å²) in [6.45, 7) is 3.34. The predicted octanol–water partition coefficient (Wildman–Crippen LogP) is 3.79. The third-order valence-electron chi connectivity index (χ3n) is 4.28. The molecule has 128 valence electrons. The average molecular weight is 336 g/mol. The largest absolute Gasteiger partial charge is 0.480 e. The molecule has 1 aromatic heterocycles. The van der Waals surface area contributed by atoms with Gasteiger partial charge in [0.15, 0.2) is 11.6 Å². The molecule has 0 aliphatic carbocycles. The van der Waals surface area contributed by atoms with Crippen molar-refractivity contribution < 1.29 is 17.9 Å². The summed E-state index contributed by atoms with van der Waals surface area (Å²) in [4.78, 5) is 4.10. The summed E-state index contributed by atoms with van der Waals surface area (Å²) < 4.78 is 46.8. The minimum Gasteiger partial charge on any atom is -0.480 e. The molecule has 1 N–H and O–H groups in total. The van der Waals surface area contributed by atoms with E-state index in [1.165, 1.54) is 12.1 Å².